The minimum Gasteiger partial charge on any atom is -0.497 e. The van der Waals surface area contributed by atoms with E-state index in [2.05, 4.69) is 9.88 Å². The van der Waals surface area contributed by atoms with Crippen LogP contribution in [-0.4, -0.2) is 65.0 Å². The van der Waals surface area contributed by atoms with Gasteiger partial charge in [0.2, 0.25) is 10.0 Å². The number of fused-ring (bicyclic) bond motifs is 1. The molecule has 1 N–H and O–H groups in total. The molecule has 0 amide bonds. The van der Waals surface area contributed by atoms with Crippen LogP contribution in [0.2, 0.25) is 0 Å². The smallest absolute Gasteiger partial charge is 0.331 e. The van der Waals surface area contributed by atoms with Crippen LogP contribution in [-0.2, 0) is 30.7 Å². The molecular weight excluding hydrogens is 494 g/mol. The van der Waals surface area contributed by atoms with Gasteiger partial charge in [0.05, 0.1) is 17.5 Å². The number of sulfonamides is 1. The van der Waals surface area contributed by atoms with Gasteiger partial charge in [-0.25, -0.2) is 13.2 Å². The van der Waals surface area contributed by atoms with Crippen LogP contribution >= 0.6 is 0 Å². The Balaban J connectivity index is 1.30. The molecule has 0 unspecified atom stereocenters. The number of aryl methyl sites for hydroxylation is 1. The Bertz CT molecular complexity index is 1680. The average Bonchev–Trinajstić information content (AvgIpc) is 3.37. The highest BCUT2D eigenvalue weighted by atomic mass is 32.2. The number of H-pyrrole nitrogens is 1. The topological polar surface area (TPSA) is 110 Å². The molecule has 0 aliphatic carbocycles. The predicted molar refractivity (Wildman–Crippen MR) is 141 cm³/mol. The molecule has 2 aromatic heterocycles. The second kappa shape index (κ2) is 9.66. The Kier molecular flexibility index (Phi) is 6.52. The summed E-state index contributed by atoms with van der Waals surface area (Å²) in [6.07, 6.45) is 0. The molecule has 194 valence electrons. The summed E-state index contributed by atoms with van der Waals surface area (Å²) < 4.78 is 35.8. The molecule has 4 aromatic rings. The van der Waals surface area contributed by atoms with E-state index in [1.54, 1.807) is 44.5 Å². The normalized spacial score (nSPS) is 15.3. The monoisotopic (exact) mass is 523 g/mol. The molecule has 0 saturated carbocycles. The van der Waals surface area contributed by atoms with Crippen LogP contribution in [0.5, 0.6) is 5.75 Å². The zero-order valence-electron chi connectivity index (χ0n) is 21.0. The first-order valence-electron chi connectivity index (χ1n) is 11.9. The number of nitrogens with one attached hydrogen (secondary N) is 1. The number of aromatic amines is 1. The third kappa shape index (κ3) is 4.61. The summed E-state index contributed by atoms with van der Waals surface area (Å²) in [5.74, 6) is 0.807. The van der Waals surface area contributed by atoms with Crippen molar-refractivity contribution in [3.05, 3.63) is 81.0 Å². The van der Waals surface area contributed by atoms with Crippen molar-refractivity contribution in [2.75, 3.05) is 33.3 Å². The number of rotatable bonds is 6. The molecule has 0 atom stereocenters. The summed E-state index contributed by atoms with van der Waals surface area (Å²) >= 11 is 0. The summed E-state index contributed by atoms with van der Waals surface area (Å²) in [7, 11) is 1.04. The summed E-state index contributed by atoms with van der Waals surface area (Å²) in [6.45, 7) is 2.83. The molecule has 0 bridgehead atoms. The van der Waals surface area contributed by atoms with E-state index in [-0.39, 0.29) is 4.90 Å². The first kappa shape index (κ1) is 25.0. The van der Waals surface area contributed by atoms with Gasteiger partial charge >= 0.3 is 5.69 Å². The molecule has 1 fully saturated rings. The van der Waals surface area contributed by atoms with Crippen molar-refractivity contribution in [1.29, 1.82) is 0 Å². The molecule has 0 spiro atoms. The minimum atomic E-state index is -3.64. The van der Waals surface area contributed by atoms with Crippen molar-refractivity contribution >= 4 is 21.1 Å². The van der Waals surface area contributed by atoms with Crippen LogP contribution in [0.1, 0.15) is 5.56 Å². The lowest BCUT2D eigenvalue weighted by atomic mass is 10.1. The SMILES string of the molecule is COc1cccc(CN2CCN(S(=O)(=O)c3ccc(-c4cc5c([nH]4)c(=O)n(C)c(=O)n5C)cc3)CC2)c1. The van der Waals surface area contributed by atoms with E-state index in [4.69, 9.17) is 4.74 Å². The number of benzene rings is 2. The summed E-state index contributed by atoms with van der Waals surface area (Å²) in [4.78, 5) is 30.2. The van der Waals surface area contributed by atoms with Crippen LogP contribution < -0.4 is 16.0 Å². The fraction of sp³-hybridized carbons (Fsp3) is 0.308. The van der Waals surface area contributed by atoms with E-state index in [0.29, 0.717) is 48.5 Å². The van der Waals surface area contributed by atoms with Crippen molar-refractivity contribution in [2.24, 2.45) is 14.1 Å². The lowest BCUT2D eigenvalue weighted by Gasteiger charge is -2.34. The van der Waals surface area contributed by atoms with Gasteiger partial charge in [0.25, 0.3) is 5.56 Å². The van der Waals surface area contributed by atoms with Gasteiger partial charge in [-0.05, 0) is 41.5 Å². The maximum Gasteiger partial charge on any atom is 0.331 e. The molecule has 37 heavy (non-hydrogen) atoms. The first-order chi connectivity index (χ1) is 17.7. The fourth-order valence-electron chi connectivity index (χ4n) is 4.72. The third-order valence-electron chi connectivity index (χ3n) is 6.93. The molecule has 2 aromatic carbocycles. The van der Waals surface area contributed by atoms with Gasteiger partial charge in [-0.2, -0.15) is 4.31 Å². The van der Waals surface area contributed by atoms with Crippen LogP contribution in [0.25, 0.3) is 22.3 Å². The zero-order chi connectivity index (χ0) is 26.3. The van der Waals surface area contributed by atoms with Crippen LogP contribution in [0, 0.1) is 0 Å². The molecule has 10 nitrogen and oxygen atoms in total. The van der Waals surface area contributed by atoms with Gasteiger partial charge in [-0.1, -0.05) is 24.3 Å². The van der Waals surface area contributed by atoms with Crippen LogP contribution in [0.15, 0.2) is 69.1 Å². The summed E-state index contributed by atoms with van der Waals surface area (Å²) in [5, 5.41) is 0. The zero-order valence-corrected chi connectivity index (χ0v) is 21.8. The average molecular weight is 524 g/mol. The van der Waals surface area contributed by atoms with E-state index in [1.165, 1.54) is 15.9 Å². The van der Waals surface area contributed by atoms with Crippen molar-refractivity contribution in [3.63, 3.8) is 0 Å². The van der Waals surface area contributed by atoms with Crippen molar-refractivity contribution in [1.82, 2.24) is 23.3 Å². The number of hydrogen-bond donors (Lipinski definition) is 1. The van der Waals surface area contributed by atoms with E-state index in [9.17, 15) is 18.0 Å². The second-order valence-corrected chi connectivity index (χ2v) is 11.1. The van der Waals surface area contributed by atoms with E-state index < -0.39 is 21.3 Å². The number of nitrogens with zero attached hydrogens (tertiary/aromatic N) is 4. The van der Waals surface area contributed by atoms with Gasteiger partial charge in [-0.3, -0.25) is 18.8 Å². The molecule has 1 aliphatic heterocycles. The van der Waals surface area contributed by atoms with Gasteiger partial charge in [0, 0.05) is 52.5 Å². The first-order valence-corrected chi connectivity index (χ1v) is 13.4. The van der Waals surface area contributed by atoms with Gasteiger partial charge in [-0.15, -0.1) is 0 Å². The second-order valence-electron chi connectivity index (χ2n) is 9.21. The Morgan fingerprint density at radius 3 is 2.30 bits per heavy atom. The highest BCUT2D eigenvalue weighted by molar-refractivity contribution is 7.89. The fourth-order valence-corrected chi connectivity index (χ4v) is 6.14. The Hall–Kier alpha value is -3.67. The highest BCUT2D eigenvalue weighted by Crippen LogP contribution is 2.25. The molecule has 3 heterocycles. The lowest BCUT2D eigenvalue weighted by molar-refractivity contribution is 0.181. The molecule has 0 radical (unpaired) electrons. The standard InChI is InChI=1S/C26H29N5O5S/c1-28-23-16-22(27-24(23)25(32)29(2)26(28)33)19-7-9-21(10-8-19)37(34,35)31-13-11-30(12-14-31)17-18-5-4-6-20(15-18)36-3/h4-10,15-16,27H,11-14,17H2,1-3H3. The van der Waals surface area contributed by atoms with Crippen LogP contribution in [0.4, 0.5) is 0 Å². The van der Waals surface area contributed by atoms with Crippen LogP contribution in [0.3, 0.4) is 0 Å². The van der Waals surface area contributed by atoms with Crippen molar-refractivity contribution in [2.45, 2.75) is 11.4 Å². The maximum absolute atomic E-state index is 13.3. The molecular formula is C26H29N5O5S. The maximum atomic E-state index is 13.3. The third-order valence-corrected chi connectivity index (χ3v) is 8.84. The Labute approximate surface area is 214 Å². The highest BCUT2D eigenvalue weighted by Gasteiger charge is 2.28. The van der Waals surface area contributed by atoms with E-state index >= 15 is 0 Å². The van der Waals surface area contributed by atoms with E-state index in [0.717, 1.165) is 22.4 Å². The number of hydrogen-bond acceptors (Lipinski definition) is 6. The largest absolute Gasteiger partial charge is 0.497 e. The molecule has 11 heteroatoms. The summed E-state index contributed by atoms with van der Waals surface area (Å²) in [5.41, 5.74) is 2.47. The molecule has 5 rings (SSSR count). The molecule has 1 aliphatic rings. The van der Waals surface area contributed by atoms with Crippen molar-refractivity contribution in [3.8, 4) is 17.0 Å². The number of ether oxygens (including phenoxy) is 1. The number of aromatic nitrogens is 3. The Morgan fingerprint density at radius 1 is 0.919 bits per heavy atom. The lowest BCUT2D eigenvalue weighted by Crippen LogP contribution is -2.48. The molecule has 1 saturated heterocycles. The minimum absolute atomic E-state index is 0.219. The van der Waals surface area contributed by atoms with Crippen molar-refractivity contribution < 1.29 is 13.2 Å². The van der Waals surface area contributed by atoms with Gasteiger partial charge in [0.15, 0.2) is 0 Å². The number of methoxy groups -OCH3 is 1. The van der Waals surface area contributed by atoms with E-state index in [1.807, 2.05) is 24.3 Å². The van der Waals surface area contributed by atoms with Gasteiger partial charge in [0.1, 0.15) is 11.3 Å². The number of piperazine rings is 1. The summed E-state index contributed by atoms with van der Waals surface area (Å²) in [6, 6.07) is 16.2. The Morgan fingerprint density at radius 2 is 1.62 bits per heavy atom. The predicted octanol–water partition coefficient (Wildman–Crippen LogP) is 1.75. The quantitative estimate of drug-likeness (QED) is 0.412. The van der Waals surface area contributed by atoms with Gasteiger partial charge < -0.3 is 9.72 Å².